The number of rotatable bonds is 7. The summed E-state index contributed by atoms with van der Waals surface area (Å²) in [5.41, 5.74) is 2.12. The monoisotopic (exact) mass is 478 g/mol. The zero-order valence-electron chi connectivity index (χ0n) is 17.8. The zero-order chi connectivity index (χ0) is 24.2. The average molecular weight is 478 g/mol. The maximum Gasteiger partial charge on any atom is 0.573 e. The molecular formula is C23H21F3N2O4S. The van der Waals surface area contributed by atoms with Gasteiger partial charge in [0.15, 0.2) is 0 Å². The Hall–Kier alpha value is -3.53. The van der Waals surface area contributed by atoms with Crippen LogP contribution >= 0.6 is 0 Å². The first-order valence-electron chi connectivity index (χ1n) is 9.76. The Morgan fingerprint density at radius 3 is 2.18 bits per heavy atom. The lowest BCUT2D eigenvalue weighted by Gasteiger charge is -2.26. The lowest BCUT2D eigenvalue weighted by atomic mass is 10.1. The zero-order valence-corrected chi connectivity index (χ0v) is 18.6. The Kier molecular flexibility index (Phi) is 6.97. The van der Waals surface area contributed by atoms with Crippen LogP contribution in [0, 0.1) is 13.8 Å². The fourth-order valence-corrected chi connectivity index (χ4v) is 4.68. The van der Waals surface area contributed by atoms with Gasteiger partial charge in [-0.05, 0) is 61.9 Å². The lowest BCUT2D eigenvalue weighted by molar-refractivity contribution is -0.274. The second-order valence-electron chi connectivity index (χ2n) is 7.24. The normalized spacial score (nSPS) is 11.7. The number of alkyl halides is 3. The minimum absolute atomic E-state index is 0.0198. The SMILES string of the molecule is Cc1ccc(N(CC(=O)Nc2ccc(OC(F)(F)F)cc2)S(=O)(=O)c2ccccc2)c(C)c1. The summed E-state index contributed by atoms with van der Waals surface area (Å²) in [5, 5.41) is 2.50. The maximum absolute atomic E-state index is 13.4. The van der Waals surface area contributed by atoms with Crippen molar-refractivity contribution in [2.75, 3.05) is 16.2 Å². The fraction of sp³-hybridized carbons (Fsp3) is 0.174. The molecule has 0 bridgehead atoms. The van der Waals surface area contributed by atoms with E-state index in [0.29, 0.717) is 11.3 Å². The third-order valence-corrected chi connectivity index (χ3v) is 6.39. The van der Waals surface area contributed by atoms with Gasteiger partial charge in [0.2, 0.25) is 5.91 Å². The number of hydrogen-bond acceptors (Lipinski definition) is 4. The maximum atomic E-state index is 13.4. The van der Waals surface area contributed by atoms with Crippen LogP contribution in [0.15, 0.2) is 77.7 Å². The van der Waals surface area contributed by atoms with Gasteiger partial charge in [-0.2, -0.15) is 0 Å². The molecule has 1 N–H and O–H groups in total. The highest BCUT2D eigenvalue weighted by Crippen LogP contribution is 2.28. The number of hydrogen-bond donors (Lipinski definition) is 1. The molecule has 6 nitrogen and oxygen atoms in total. The lowest BCUT2D eigenvalue weighted by Crippen LogP contribution is -2.38. The second kappa shape index (κ2) is 9.53. The number of nitrogens with one attached hydrogen (secondary N) is 1. The van der Waals surface area contributed by atoms with Crippen LogP contribution in [0.4, 0.5) is 24.5 Å². The van der Waals surface area contributed by atoms with E-state index >= 15 is 0 Å². The minimum atomic E-state index is -4.83. The summed E-state index contributed by atoms with van der Waals surface area (Å²) < 4.78 is 68.5. The number of nitrogens with zero attached hydrogens (tertiary/aromatic N) is 1. The Morgan fingerprint density at radius 2 is 1.61 bits per heavy atom. The average Bonchev–Trinajstić information content (AvgIpc) is 2.73. The molecule has 3 aromatic carbocycles. The van der Waals surface area contributed by atoms with E-state index in [2.05, 4.69) is 10.1 Å². The molecule has 3 aromatic rings. The Balaban J connectivity index is 1.87. The molecule has 174 valence electrons. The van der Waals surface area contributed by atoms with E-state index < -0.39 is 34.6 Å². The van der Waals surface area contributed by atoms with Gasteiger partial charge in [0, 0.05) is 5.69 Å². The van der Waals surface area contributed by atoms with Crippen molar-refractivity contribution in [1.29, 1.82) is 0 Å². The summed E-state index contributed by atoms with van der Waals surface area (Å²) in [6.45, 7) is 3.07. The van der Waals surface area contributed by atoms with E-state index in [4.69, 9.17) is 0 Å². The van der Waals surface area contributed by atoms with Gasteiger partial charge in [-0.3, -0.25) is 9.10 Å². The van der Waals surface area contributed by atoms with E-state index in [1.54, 1.807) is 43.3 Å². The number of amides is 1. The molecule has 0 aromatic heterocycles. The highest BCUT2D eigenvalue weighted by molar-refractivity contribution is 7.92. The fourth-order valence-electron chi connectivity index (χ4n) is 3.18. The van der Waals surface area contributed by atoms with Crippen LogP contribution in [0.1, 0.15) is 11.1 Å². The predicted molar refractivity (Wildman–Crippen MR) is 119 cm³/mol. The van der Waals surface area contributed by atoms with E-state index in [0.717, 1.165) is 22.0 Å². The predicted octanol–water partition coefficient (Wildman–Crippen LogP) is 5.04. The third kappa shape index (κ3) is 6.26. The summed E-state index contributed by atoms with van der Waals surface area (Å²) in [7, 11) is -4.08. The van der Waals surface area contributed by atoms with Crippen LogP contribution < -0.4 is 14.4 Å². The number of halogens is 3. The van der Waals surface area contributed by atoms with E-state index in [1.807, 2.05) is 6.92 Å². The highest BCUT2D eigenvalue weighted by atomic mass is 32.2. The highest BCUT2D eigenvalue weighted by Gasteiger charge is 2.31. The largest absolute Gasteiger partial charge is 0.573 e. The molecule has 0 atom stereocenters. The smallest absolute Gasteiger partial charge is 0.406 e. The summed E-state index contributed by atoms with van der Waals surface area (Å²) in [4.78, 5) is 12.8. The summed E-state index contributed by atoms with van der Waals surface area (Å²) in [5.74, 6) is -1.11. The summed E-state index contributed by atoms with van der Waals surface area (Å²) >= 11 is 0. The van der Waals surface area contributed by atoms with Crippen molar-refractivity contribution in [3.63, 3.8) is 0 Å². The molecule has 0 radical (unpaired) electrons. The molecule has 0 unspecified atom stereocenters. The van der Waals surface area contributed by atoms with Gasteiger partial charge in [0.1, 0.15) is 12.3 Å². The van der Waals surface area contributed by atoms with Gasteiger partial charge in [-0.15, -0.1) is 13.2 Å². The first kappa shape index (κ1) is 24.1. The third-order valence-electron chi connectivity index (χ3n) is 4.61. The molecule has 33 heavy (non-hydrogen) atoms. The molecule has 0 aliphatic rings. The van der Waals surface area contributed by atoms with Crippen LogP contribution in [0.5, 0.6) is 5.75 Å². The molecule has 0 heterocycles. The topological polar surface area (TPSA) is 75.7 Å². The van der Waals surface area contributed by atoms with Crippen LogP contribution in [-0.2, 0) is 14.8 Å². The van der Waals surface area contributed by atoms with Crippen LogP contribution in [0.25, 0.3) is 0 Å². The van der Waals surface area contributed by atoms with E-state index in [-0.39, 0.29) is 10.6 Å². The number of aryl methyl sites for hydroxylation is 2. The molecule has 0 aliphatic heterocycles. The Labute approximate surface area is 189 Å². The molecule has 0 aliphatic carbocycles. The molecule has 0 fully saturated rings. The molecular weight excluding hydrogens is 457 g/mol. The van der Waals surface area contributed by atoms with E-state index in [9.17, 15) is 26.4 Å². The van der Waals surface area contributed by atoms with Crippen molar-refractivity contribution in [3.05, 3.63) is 83.9 Å². The van der Waals surface area contributed by atoms with Crippen molar-refractivity contribution in [3.8, 4) is 5.75 Å². The first-order valence-corrected chi connectivity index (χ1v) is 11.2. The quantitative estimate of drug-likeness (QED) is 0.517. The number of carbonyl (C=O) groups excluding carboxylic acids is 1. The number of carbonyl (C=O) groups is 1. The standard InChI is InChI=1S/C23H21F3N2O4S/c1-16-8-13-21(17(2)14-16)28(33(30,31)20-6-4-3-5-7-20)15-22(29)27-18-9-11-19(12-10-18)32-23(24,25)26/h3-14H,15H2,1-2H3,(H,27,29). The Morgan fingerprint density at radius 1 is 0.970 bits per heavy atom. The number of sulfonamides is 1. The van der Waals surface area contributed by atoms with Gasteiger partial charge >= 0.3 is 6.36 Å². The number of ether oxygens (including phenoxy) is 1. The molecule has 0 saturated heterocycles. The van der Waals surface area contributed by atoms with Crippen molar-refractivity contribution in [1.82, 2.24) is 0 Å². The second-order valence-corrected chi connectivity index (χ2v) is 9.10. The Bertz CT molecular complexity index is 1230. The van der Waals surface area contributed by atoms with Crippen molar-refractivity contribution in [2.45, 2.75) is 25.1 Å². The first-order chi connectivity index (χ1) is 15.5. The van der Waals surface area contributed by atoms with Gasteiger partial charge in [0.05, 0.1) is 10.6 Å². The molecule has 1 amide bonds. The molecule has 3 rings (SSSR count). The van der Waals surface area contributed by atoms with Crippen molar-refractivity contribution < 1.29 is 31.1 Å². The van der Waals surface area contributed by atoms with E-state index in [1.165, 1.54) is 24.3 Å². The van der Waals surface area contributed by atoms with Gasteiger partial charge in [-0.25, -0.2) is 8.42 Å². The van der Waals surface area contributed by atoms with Gasteiger partial charge < -0.3 is 10.1 Å². The van der Waals surface area contributed by atoms with Gasteiger partial charge in [0.25, 0.3) is 10.0 Å². The number of anilines is 2. The summed E-state index contributed by atoms with van der Waals surface area (Å²) in [6.07, 6.45) is -4.83. The van der Waals surface area contributed by atoms with Crippen molar-refractivity contribution >= 4 is 27.3 Å². The number of benzene rings is 3. The van der Waals surface area contributed by atoms with Crippen LogP contribution in [-0.4, -0.2) is 27.2 Å². The van der Waals surface area contributed by atoms with Crippen LogP contribution in [0.3, 0.4) is 0 Å². The van der Waals surface area contributed by atoms with Crippen LogP contribution in [0.2, 0.25) is 0 Å². The minimum Gasteiger partial charge on any atom is -0.406 e. The van der Waals surface area contributed by atoms with Gasteiger partial charge in [-0.1, -0.05) is 35.9 Å². The molecule has 10 heteroatoms. The molecule has 0 spiro atoms. The molecule has 0 saturated carbocycles. The summed E-state index contributed by atoms with van der Waals surface area (Å²) in [6, 6.07) is 17.4. The van der Waals surface area contributed by atoms with Crippen molar-refractivity contribution in [2.24, 2.45) is 0 Å².